The van der Waals surface area contributed by atoms with E-state index in [1.165, 1.54) is 21.4 Å². The second kappa shape index (κ2) is 5.53. The maximum absolute atomic E-state index is 12.5. The van der Waals surface area contributed by atoms with Crippen LogP contribution in [0.1, 0.15) is 26.7 Å². The van der Waals surface area contributed by atoms with Gasteiger partial charge < -0.3 is 5.11 Å². The molecule has 1 fully saturated rings. The van der Waals surface area contributed by atoms with Gasteiger partial charge in [-0.3, -0.25) is 9.48 Å². The average Bonchev–Trinajstić information content (AvgIpc) is 2.93. The number of aromatic nitrogens is 2. The second-order valence-electron chi connectivity index (χ2n) is 5.35. The fourth-order valence-electron chi connectivity index (χ4n) is 2.54. The van der Waals surface area contributed by atoms with Gasteiger partial charge in [0.15, 0.2) is 0 Å². The Kier molecular flexibility index (Phi) is 4.14. The van der Waals surface area contributed by atoms with Crippen molar-refractivity contribution >= 4 is 16.0 Å². The Morgan fingerprint density at radius 3 is 2.75 bits per heavy atom. The fraction of sp³-hybridized carbons (Fsp3) is 0.667. The minimum absolute atomic E-state index is 0.0163. The van der Waals surface area contributed by atoms with E-state index >= 15 is 0 Å². The van der Waals surface area contributed by atoms with Crippen LogP contribution in [0.3, 0.4) is 0 Å². The monoisotopic (exact) mass is 301 g/mol. The van der Waals surface area contributed by atoms with Gasteiger partial charge in [0.05, 0.1) is 19.2 Å². The molecule has 0 radical (unpaired) electrons. The molecule has 20 heavy (non-hydrogen) atoms. The van der Waals surface area contributed by atoms with E-state index in [0.717, 1.165) is 6.42 Å². The zero-order chi connectivity index (χ0) is 14.9. The molecule has 1 aromatic heterocycles. The molecular weight excluding hydrogens is 282 g/mol. The first-order chi connectivity index (χ1) is 9.30. The van der Waals surface area contributed by atoms with Gasteiger partial charge in [-0.2, -0.15) is 9.40 Å². The molecule has 7 nitrogen and oxygen atoms in total. The minimum Gasteiger partial charge on any atom is -0.481 e. The van der Waals surface area contributed by atoms with Crippen molar-refractivity contribution < 1.29 is 18.3 Å². The van der Waals surface area contributed by atoms with Crippen molar-refractivity contribution in [1.29, 1.82) is 0 Å². The topological polar surface area (TPSA) is 92.5 Å². The molecule has 0 spiro atoms. The highest BCUT2D eigenvalue weighted by Gasteiger charge is 2.36. The Hall–Kier alpha value is -1.41. The van der Waals surface area contributed by atoms with Crippen molar-refractivity contribution in [3.05, 3.63) is 12.4 Å². The number of carboxylic acid groups (broad SMARTS) is 1. The zero-order valence-electron chi connectivity index (χ0n) is 11.6. The molecule has 0 amide bonds. The summed E-state index contributed by atoms with van der Waals surface area (Å²) in [5, 5.41) is 12.5. The summed E-state index contributed by atoms with van der Waals surface area (Å²) in [7, 11) is -3.54. The van der Waals surface area contributed by atoms with Gasteiger partial charge >= 0.3 is 5.97 Å². The molecular formula is C12H19N3O4S. The van der Waals surface area contributed by atoms with E-state index in [1.54, 1.807) is 0 Å². The zero-order valence-corrected chi connectivity index (χ0v) is 12.4. The van der Waals surface area contributed by atoms with Crippen LogP contribution in [0.4, 0.5) is 0 Å². The Labute approximate surface area is 118 Å². The number of aliphatic carboxylic acids is 1. The molecule has 2 heterocycles. The van der Waals surface area contributed by atoms with Crippen LogP contribution in [0.25, 0.3) is 0 Å². The lowest BCUT2D eigenvalue weighted by molar-refractivity contribution is -0.137. The van der Waals surface area contributed by atoms with Gasteiger partial charge in [0.25, 0.3) is 0 Å². The molecule has 2 atom stereocenters. The van der Waals surface area contributed by atoms with E-state index < -0.39 is 16.0 Å². The Bertz CT molecular complexity index is 596. The van der Waals surface area contributed by atoms with Crippen molar-refractivity contribution in [2.45, 2.75) is 44.2 Å². The van der Waals surface area contributed by atoms with Gasteiger partial charge in [-0.05, 0) is 19.3 Å². The van der Waals surface area contributed by atoms with Gasteiger partial charge in [0.1, 0.15) is 4.90 Å². The van der Waals surface area contributed by atoms with E-state index in [0.29, 0.717) is 12.5 Å². The highest BCUT2D eigenvalue weighted by atomic mass is 32.2. The summed E-state index contributed by atoms with van der Waals surface area (Å²) in [6.07, 6.45) is 3.45. The number of carbonyl (C=O) groups is 1. The van der Waals surface area contributed by atoms with Gasteiger partial charge in [-0.25, -0.2) is 8.42 Å². The van der Waals surface area contributed by atoms with Crippen LogP contribution in [-0.2, 0) is 21.4 Å². The second-order valence-corrected chi connectivity index (χ2v) is 7.24. The highest BCUT2D eigenvalue weighted by Crippen LogP contribution is 2.28. The summed E-state index contributed by atoms with van der Waals surface area (Å²) in [6.45, 7) is 4.61. The number of hydrogen-bond acceptors (Lipinski definition) is 4. The van der Waals surface area contributed by atoms with Crippen LogP contribution in [0, 0.1) is 5.92 Å². The quantitative estimate of drug-likeness (QED) is 0.867. The van der Waals surface area contributed by atoms with Crippen LogP contribution in [0.15, 0.2) is 17.3 Å². The van der Waals surface area contributed by atoms with Crippen molar-refractivity contribution in [3.8, 4) is 0 Å². The molecule has 1 aromatic rings. The van der Waals surface area contributed by atoms with Gasteiger partial charge in [0, 0.05) is 18.8 Å². The van der Waals surface area contributed by atoms with E-state index in [-0.39, 0.29) is 23.9 Å². The van der Waals surface area contributed by atoms with Crippen molar-refractivity contribution in [2.24, 2.45) is 5.92 Å². The Morgan fingerprint density at radius 2 is 2.20 bits per heavy atom. The van der Waals surface area contributed by atoms with Crippen LogP contribution in [-0.4, -0.2) is 46.2 Å². The summed E-state index contributed by atoms with van der Waals surface area (Å²) in [5.41, 5.74) is 0. The van der Waals surface area contributed by atoms with E-state index in [4.69, 9.17) is 5.11 Å². The number of hydrogen-bond donors (Lipinski definition) is 1. The lowest BCUT2D eigenvalue weighted by atomic mass is 10.1. The molecule has 1 saturated heterocycles. The lowest BCUT2D eigenvalue weighted by Crippen LogP contribution is -2.33. The minimum atomic E-state index is -3.54. The average molecular weight is 301 g/mol. The predicted molar refractivity (Wildman–Crippen MR) is 71.6 cm³/mol. The summed E-state index contributed by atoms with van der Waals surface area (Å²) < 4.78 is 27.8. The number of carboxylic acids is 1. The Balaban J connectivity index is 2.16. The summed E-state index contributed by atoms with van der Waals surface area (Å²) in [4.78, 5) is 10.6. The maximum atomic E-state index is 12.5. The van der Waals surface area contributed by atoms with Crippen LogP contribution in [0.2, 0.25) is 0 Å². The predicted octanol–water partition coefficient (Wildman–Crippen LogP) is 0.777. The Morgan fingerprint density at radius 1 is 1.50 bits per heavy atom. The third-order valence-corrected chi connectivity index (χ3v) is 5.43. The van der Waals surface area contributed by atoms with Crippen molar-refractivity contribution in [3.63, 3.8) is 0 Å². The number of aryl methyl sites for hydroxylation is 1. The first kappa shape index (κ1) is 15.0. The van der Waals surface area contributed by atoms with Crippen LogP contribution in [0.5, 0.6) is 0 Å². The van der Waals surface area contributed by atoms with E-state index in [9.17, 15) is 13.2 Å². The molecule has 8 heteroatoms. The third-order valence-electron chi connectivity index (χ3n) is 3.50. The van der Waals surface area contributed by atoms with Gasteiger partial charge in [-0.15, -0.1) is 0 Å². The summed E-state index contributed by atoms with van der Waals surface area (Å²) >= 11 is 0. The highest BCUT2D eigenvalue weighted by molar-refractivity contribution is 7.89. The third kappa shape index (κ3) is 3.01. The molecule has 2 unspecified atom stereocenters. The summed E-state index contributed by atoms with van der Waals surface area (Å²) in [5.74, 6) is -0.589. The number of rotatable bonds is 5. The largest absolute Gasteiger partial charge is 0.481 e. The first-order valence-corrected chi connectivity index (χ1v) is 8.01. The van der Waals surface area contributed by atoms with Gasteiger partial charge in [0.2, 0.25) is 10.0 Å². The van der Waals surface area contributed by atoms with Crippen molar-refractivity contribution in [2.75, 3.05) is 6.54 Å². The van der Waals surface area contributed by atoms with E-state index in [2.05, 4.69) is 5.10 Å². The maximum Gasteiger partial charge on any atom is 0.305 e. The molecule has 0 bridgehead atoms. The van der Waals surface area contributed by atoms with Crippen LogP contribution < -0.4 is 0 Å². The molecule has 1 aliphatic rings. The first-order valence-electron chi connectivity index (χ1n) is 6.57. The molecule has 0 saturated carbocycles. The van der Waals surface area contributed by atoms with Gasteiger partial charge in [-0.1, -0.05) is 6.92 Å². The van der Waals surface area contributed by atoms with Crippen LogP contribution >= 0.6 is 0 Å². The molecule has 0 aliphatic carbocycles. The molecule has 2 rings (SSSR count). The summed E-state index contributed by atoms with van der Waals surface area (Å²) in [6, 6.07) is -0.0163. The number of nitrogens with zero attached hydrogens (tertiary/aromatic N) is 3. The fourth-order valence-corrected chi connectivity index (χ4v) is 4.26. The molecule has 112 valence electrons. The van der Waals surface area contributed by atoms with Crippen molar-refractivity contribution in [1.82, 2.24) is 14.1 Å². The molecule has 1 N–H and O–H groups in total. The molecule has 0 aromatic carbocycles. The smallest absolute Gasteiger partial charge is 0.305 e. The van der Waals surface area contributed by atoms with E-state index in [1.807, 2.05) is 13.8 Å². The normalized spacial score (nSPS) is 24.1. The lowest BCUT2D eigenvalue weighted by Gasteiger charge is -2.19. The molecule has 1 aliphatic heterocycles. The number of sulfonamides is 1. The standard InChI is InChI=1S/C12H19N3O4S/c1-9-5-10(2)15(7-9)20(18,19)11-6-13-14(8-11)4-3-12(16)17/h6,8-10H,3-5,7H2,1-2H3,(H,16,17). The SMILES string of the molecule is CC1CC(C)N(S(=O)(=O)c2cnn(CCC(=O)O)c2)C1.